The number of alkyl halides is 4. The fourth-order valence-corrected chi connectivity index (χ4v) is 3.74. The number of nitrogens with one attached hydrogen (secondary N) is 1. The van der Waals surface area contributed by atoms with E-state index < -0.39 is 18.7 Å². The van der Waals surface area contributed by atoms with Crippen molar-refractivity contribution in [1.29, 1.82) is 0 Å². The number of hydrogen-bond acceptors (Lipinski definition) is 5. The number of nitrogens with zero attached hydrogens (tertiary/aromatic N) is 7. The Hall–Kier alpha value is -4.09. The van der Waals surface area contributed by atoms with E-state index in [2.05, 4.69) is 37.1 Å². The summed E-state index contributed by atoms with van der Waals surface area (Å²) in [5.41, 5.74) is 4.14. The van der Waals surface area contributed by atoms with Gasteiger partial charge in [-0.1, -0.05) is 30.8 Å². The van der Waals surface area contributed by atoms with Gasteiger partial charge >= 0.3 is 6.18 Å². The lowest BCUT2D eigenvalue weighted by atomic mass is 10.0. The van der Waals surface area contributed by atoms with Crippen molar-refractivity contribution in [2.45, 2.75) is 32.7 Å². The summed E-state index contributed by atoms with van der Waals surface area (Å²) in [5, 5.41) is 9.87. The lowest BCUT2D eigenvalue weighted by molar-refractivity contribution is -0.147. The summed E-state index contributed by atoms with van der Waals surface area (Å²) in [6, 6.07) is 12.0. The number of pyridine rings is 1. The highest BCUT2D eigenvalue weighted by atomic mass is 19.4. The molecular weight excluding hydrogens is 476 g/mol. The van der Waals surface area contributed by atoms with Crippen LogP contribution in [-0.2, 0) is 25.8 Å². The lowest BCUT2D eigenvalue weighted by Gasteiger charge is -2.29. The zero-order valence-electron chi connectivity index (χ0n) is 19.5. The molecule has 1 aromatic carbocycles. The Morgan fingerprint density at radius 3 is 2.61 bits per heavy atom. The molecule has 0 saturated heterocycles. The van der Waals surface area contributed by atoms with E-state index in [0.717, 1.165) is 27.0 Å². The molecule has 0 spiro atoms. The van der Waals surface area contributed by atoms with Gasteiger partial charge in [0.2, 0.25) is 5.82 Å². The minimum absolute atomic E-state index is 0.0266. The molecule has 1 aliphatic rings. The normalized spacial score (nSPS) is 14.2. The van der Waals surface area contributed by atoms with Gasteiger partial charge in [-0.15, -0.1) is 10.2 Å². The Morgan fingerprint density at radius 2 is 1.92 bits per heavy atom. The molecule has 8 nitrogen and oxygen atoms in total. The maximum absolute atomic E-state index is 13.6. The van der Waals surface area contributed by atoms with Crippen molar-refractivity contribution in [3.05, 3.63) is 77.9 Å². The molecule has 0 bridgehead atoms. The maximum Gasteiger partial charge on any atom is 0.451 e. The van der Waals surface area contributed by atoms with Crippen molar-refractivity contribution >= 4 is 12.2 Å². The van der Waals surface area contributed by atoms with Crippen LogP contribution in [0, 0.1) is 6.92 Å². The van der Waals surface area contributed by atoms with E-state index in [9.17, 15) is 17.6 Å². The van der Waals surface area contributed by atoms with E-state index in [4.69, 9.17) is 0 Å². The van der Waals surface area contributed by atoms with Crippen LogP contribution >= 0.6 is 0 Å². The Morgan fingerprint density at radius 1 is 1.14 bits per heavy atom. The molecule has 0 radical (unpaired) electrons. The maximum atomic E-state index is 13.6. The molecule has 1 aliphatic heterocycles. The highest BCUT2D eigenvalue weighted by molar-refractivity contribution is 5.89. The van der Waals surface area contributed by atoms with Gasteiger partial charge in [0, 0.05) is 31.5 Å². The Kier molecular flexibility index (Phi) is 7.41. The fraction of sp³-hybridized carbons (Fsp3) is 0.292. The lowest BCUT2D eigenvalue weighted by Crippen LogP contribution is -2.40. The van der Waals surface area contributed by atoms with Gasteiger partial charge in [-0.25, -0.2) is 14.4 Å². The largest absolute Gasteiger partial charge is 0.451 e. The summed E-state index contributed by atoms with van der Waals surface area (Å²) < 4.78 is 53.6. The van der Waals surface area contributed by atoms with E-state index in [1.165, 1.54) is 11.2 Å². The molecule has 4 rings (SSSR count). The molecule has 12 heteroatoms. The Balaban J connectivity index is 1.31. The second-order valence-corrected chi connectivity index (χ2v) is 8.12. The third-order valence-corrected chi connectivity index (χ3v) is 5.59. The molecular formula is C24H24F4N8. The number of aliphatic imine (C=N–C) groups is 2. The third kappa shape index (κ3) is 5.93. The molecule has 1 N–H and O–H groups in total. The number of aryl methyl sites for hydroxylation is 1. The number of amidine groups is 1. The van der Waals surface area contributed by atoms with Crippen LogP contribution in [0.2, 0.25) is 0 Å². The Labute approximate surface area is 205 Å². The summed E-state index contributed by atoms with van der Waals surface area (Å²) in [7, 11) is 0. The summed E-state index contributed by atoms with van der Waals surface area (Å²) >= 11 is 0. The van der Waals surface area contributed by atoms with Gasteiger partial charge in [-0.05, 0) is 35.7 Å². The van der Waals surface area contributed by atoms with Crippen LogP contribution < -0.4 is 5.32 Å². The minimum atomic E-state index is -4.59. The first-order chi connectivity index (χ1) is 17.2. The zero-order valence-corrected chi connectivity index (χ0v) is 19.5. The highest BCUT2D eigenvalue weighted by Gasteiger charge is 2.39. The van der Waals surface area contributed by atoms with Crippen LogP contribution in [0.1, 0.15) is 22.9 Å². The second kappa shape index (κ2) is 10.7. The van der Waals surface area contributed by atoms with Crippen molar-refractivity contribution in [2.75, 3.05) is 13.2 Å². The molecule has 0 atom stereocenters. The van der Waals surface area contributed by atoms with E-state index in [1.807, 2.05) is 43.3 Å². The van der Waals surface area contributed by atoms with Crippen LogP contribution in [0.3, 0.4) is 0 Å². The smallest absolute Gasteiger partial charge is 0.366 e. The summed E-state index contributed by atoms with van der Waals surface area (Å²) in [4.78, 5) is 13.8. The first-order valence-electron chi connectivity index (χ1n) is 11.1. The summed E-state index contributed by atoms with van der Waals surface area (Å²) in [6.45, 7) is 5.41. The molecule has 0 amide bonds. The predicted octanol–water partition coefficient (Wildman–Crippen LogP) is 4.14. The zero-order chi connectivity index (χ0) is 25.7. The molecule has 0 unspecified atom stereocenters. The molecule has 0 aliphatic carbocycles. The van der Waals surface area contributed by atoms with Crippen LogP contribution in [-0.4, -0.2) is 50.0 Å². The van der Waals surface area contributed by atoms with E-state index in [-0.39, 0.29) is 31.3 Å². The van der Waals surface area contributed by atoms with Gasteiger partial charge in [-0.2, -0.15) is 13.2 Å². The van der Waals surface area contributed by atoms with Gasteiger partial charge in [0.05, 0.1) is 6.54 Å². The van der Waals surface area contributed by atoms with Crippen molar-refractivity contribution in [3.63, 3.8) is 0 Å². The number of halogens is 4. The second-order valence-electron chi connectivity index (χ2n) is 8.12. The quantitative estimate of drug-likeness (QED) is 0.300. The Bertz CT molecular complexity index is 1280. The number of rotatable bonds is 7. The van der Waals surface area contributed by atoms with Crippen LogP contribution in [0.25, 0.3) is 11.1 Å². The molecule has 0 saturated carbocycles. The van der Waals surface area contributed by atoms with Gasteiger partial charge in [0.25, 0.3) is 0 Å². The number of benzene rings is 1. The molecule has 0 fully saturated rings. The van der Waals surface area contributed by atoms with Crippen molar-refractivity contribution in [1.82, 2.24) is 30.0 Å². The third-order valence-electron chi connectivity index (χ3n) is 5.59. The fourth-order valence-electron chi connectivity index (χ4n) is 3.74. The number of fused-ring (bicyclic) bond motifs is 1. The van der Waals surface area contributed by atoms with Crippen molar-refractivity contribution in [2.24, 2.45) is 9.98 Å². The number of hydrogen-bond donors (Lipinski definition) is 1. The topological polar surface area (TPSA) is 83.6 Å². The van der Waals surface area contributed by atoms with Crippen LogP contribution in [0.4, 0.5) is 17.6 Å². The SMILES string of the molecule is C=C(/N=C\N=C(/CF)N1CCn2c(nnc2C(F)(F)F)C1)NCc1ccc(-c2ccnc(C)c2)cc1. The van der Waals surface area contributed by atoms with Crippen molar-refractivity contribution in [3.8, 4) is 11.1 Å². The minimum Gasteiger partial charge on any atom is -0.366 e. The summed E-state index contributed by atoms with van der Waals surface area (Å²) in [6.07, 6.45) is -1.65. The summed E-state index contributed by atoms with van der Waals surface area (Å²) in [5.74, 6) is -0.583. The molecule has 188 valence electrons. The van der Waals surface area contributed by atoms with E-state index in [1.54, 1.807) is 6.20 Å². The van der Waals surface area contributed by atoms with Crippen LogP contribution in [0.5, 0.6) is 0 Å². The molecule has 3 aromatic rings. The van der Waals surface area contributed by atoms with Gasteiger partial charge in [0.1, 0.15) is 24.7 Å². The monoisotopic (exact) mass is 500 g/mol. The van der Waals surface area contributed by atoms with Gasteiger partial charge in [-0.3, -0.25) is 4.98 Å². The highest BCUT2D eigenvalue weighted by Crippen LogP contribution is 2.29. The number of aromatic nitrogens is 4. The van der Waals surface area contributed by atoms with Gasteiger partial charge < -0.3 is 14.8 Å². The predicted molar refractivity (Wildman–Crippen MR) is 128 cm³/mol. The van der Waals surface area contributed by atoms with Gasteiger partial charge in [0.15, 0.2) is 5.82 Å². The average Bonchev–Trinajstić information content (AvgIpc) is 3.30. The average molecular weight is 501 g/mol. The molecule has 2 aromatic heterocycles. The first-order valence-corrected chi connectivity index (χ1v) is 11.1. The van der Waals surface area contributed by atoms with Crippen LogP contribution in [0.15, 0.2) is 65.0 Å². The molecule has 36 heavy (non-hydrogen) atoms. The van der Waals surface area contributed by atoms with E-state index in [0.29, 0.717) is 12.4 Å². The van der Waals surface area contributed by atoms with Crippen molar-refractivity contribution < 1.29 is 17.6 Å². The molecule has 3 heterocycles. The van der Waals surface area contributed by atoms with E-state index >= 15 is 0 Å². The first kappa shape index (κ1) is 25.0. The standard InChI is InChI=1S/C24H24F4N8/c1-16-11-20(7-8-29-16)19-5-3-18(4-6-19)13-30-17(2)31-15-32-21(12-25)35-9-10-36-22(14-35)33-34-23(36)24(26,27)28/h3-8,11,15,30H,2,9-10,12-14H2,1H3/b31-15-,32-21+.